The highest BCUT2D eigenvalue weighted by atomic mass is 31.2. The van der Waals surface area contributed by atoms with Crippen molar-refractivity contribution in [1.82, 2.24) is 10.2 Å². The van der Waals surface area contributed by atoms with Crippen molar-refractivity contribution in [2.24, 2.45) is 0 Å². The number of rotatable bonds is 11. The molecule has 1 aromatic carbocycles. The Balaban J connectivity index is 3.00. The summed E-state index contributed by atoms with van der Waals surface area (Å²) in [5, 5.41) is 14.2. The standard InChI is InChI=1S/C17H27N2O7P/c1-5-24-16(21)12(3)18-27(23,19-13(4)17(22)25-6-2)26-15-9-7-14(11-20)8-10-15/h7-10,12-13,20H,5-6,11H2,1-4H3,(H2,18,19,23). The van der Waals surface area contributed by atoms with Crippen molar-refractivity contribution in [2.75, 3.05) is 13.2 Å². The number of esters is 2. The molecular formula is C17H27N2O7P. The topological polar surface area (TPSA) is 123 Å². The van der Waals surface area contributed by atoms with Crippen molar-refractivity contribution in [3.8, 4) is 5.75 Å². The summed E-state index contributed by atoms with van der Waals surface area (Å²) in [5.41, 5.74) is 0.651. The van der Waals surface area contributed by atoms with Gasteiger partial charge >= 0.3 is 19.6 Å². The lowest BCUT2D eigenvalue weighted by atomic mass is 10.2. The average molecular weight is 402 g/mol. The molecule has 2 atom stereocenters. The second-order valence-corrected chi connectivity index (χ2v) is 7.45. The summed E-state index contributed by atoms with van der Waals surface area (Å²) >= 11 is 0. The Bertz CT molecular complexity index is 636. The zero-order valence-corrected chi connectivity index (χ0v) is 16.8. The molecule has 0 amide bonds. The van der Waals surface area contributed by atoms with Gasteiger partial charge in [-0.2, -0.15) is 0 Å². The van der Waals surface area contributed by atoms with E-state index in [4.69, 9.17) is 19.1 Å². The van der Waals surface area contributed by atoms with Crippen molar-refractivity contribution in [1.29, 1.82) is 0 Å². The van der Waals surface area contributed by atoms with Gasteiger partial charge in [-0.25, -0.2) is 14.7 Å². The van der Waals surface area contributed by atoms with Crippen LogP contribution in [0.15, 0.2) is 24.3 Å². The van der Waals surface area contributed by atoms with E-state index in [2.05, 4.69) is 10.2 Å². The maximum Gasteiger partial charge on any atom is 0.391 e. The molecule has 0 radical (unpaired) electrons. The van der Waals surface area contributed by atoms with Crippen LogP contribution in [0.4, 0.5) is 0 Å². The Labute approximate surface area is 158 Å². The number of carbonyl (C=O) groups excluding carboxylic acids is 2. The Hall–Kier alpha value is -1.93. The molecular weight excluding hydrogens is 375 g/mol. The molecule has 1 aromatic rings. The molecule has 0 saturated carbocycles. The molecule has 27 heavy (non-hydrogen) atoms. The monoisotopic (exact) mass is 402 g/mol. The average Bonchev–Trinajstić information content (AvgIpc) is 2.62. The van der Waals surface area contributed by atoms with Gasteiger partial charge in [0, 0.05) is 0 Å². The van der Waals surface area contributed by atoms with E-state index in [0.717, 1.165) is 0 Å². The van der Waals surface area contributed by atoms with E-state index >= 15 is 0 Å². The number of ether oxygens (including phenoxy) is 2. The minimum Gasteiger partial charge on any atom is -0.465 e. The van der Waals surface area contributed by atoms with Gasteiger partial charge in [0.05, 0.1) is 19.8 Å². The largest absolute Gasteiger partial charge is 0.465 e. The molecule has 0 bridgehead atoms. The van der Waals surface area contributed by atoms with Gasteiger partial charge in [-0.3, -0.25) is 9.59 Å². The molecule has 9 nitrogen and oxygen atoms in total. The molecule has 2 unspecified atom stereocenters. The van der Waals surface area contributed by atoms with E-state index in [1.165, 1.54) is 26.0 Å². The van der Waals surface area contributed by atoms with Crippen LogP contribution < -0.4 is 14.7 Å². The Morgan fingerprint density at radius 2 is 1.44 bits per heavy atom. The molecule has 3 N–H and O–H groups in total. The zero-order chi connectivity index (χ0) is 20.4. The van der Waals surface area contributed by atoms with Crippen LogP contribution in [-0.4, -0.2) is 42.3 Å². The van der Waals surface area contributed by atoms with Gasteiger partial charge in [-0.05, 0) is 45.4 Å². The van der Waals surface area contributed by atoms with E-state index in [1.807, 2.05) is 0 Å². The zero-order valence-electron chi connectivity index (χ0n) is 15.9. The number of benzene rings is 1. The lowest BCUT2D eigenvalue weighted by molar-refractivity contribution is -0.145. The fourth-order valence-corrected chi connectivity index (χ4v) is 3.87. The lowest BCUT2D eigenvalue weighted by Gasteiger charge is -2.26. The molecule has 0 aliphatic rings. The van der Waals surface area contributed by atoms with E-state index in [1.54, 1.807) is 26.0 Å². The Morgan fingerprint density at radius 1 is 1.00 bits per heavy atom. The molecule has 0 fully saturated rings. The Morgan fingerprint density at radius 3 is 1.81 bits per heavy atom. The summed E-state index contributed by atoms with van der Waals surface area (Å²) in [6.07, 6.45) is 0. The van der Waals surface area contributed by atoms with Crippen LogP contribution in [0.25, 0.3) is 0 Å². The normalized spacial score (nSPS) is 15.3. The fraction of sp³-hybridized carbons (Fsp3) is 0.529. The van der Waals surface area contributed by atoms with E-state index in [9.17, 15) is 14.2 Å². The quantitative estimate of drug-likeness (QED) is 0.375. The molecule has 0 aromatic heterocycles. The van der Waals surface area contributed by atoms with Crippen molar-refractivity contribution >= 4 is 19.6 Å². The summed E-state index contributed by atoms with van der Waals surface area (Å²) in [6.45, 7) is 6.46. The van der Waals surface area contributed by atoms with Gasteiger partial charge in [-0.1, -0.05) is 12.1 Å². The van der Waals surface area contributed by atoms with Gasteiger partial charge in [0.1, 0.15) is 17.8 Å². The summed E-state index contributed by atoms with van der Waals surface area (Å²) in [5.74, 6) is -0.993. The van der Waals surface area contributed by atoms with Crippen LogP contribution in [0, 0.1) is 0 Å². The highest BCUT2D eigenvalue weighted by Crippen LogP contribution is 2.40. The van der Waals surface area contributed by atoms with Gasteiger partial charge in [0.25, 0.3) is 0 Å². The van der Waals surface area contributed by atoms with Crippen molar-refractivity contribution in [2.45, 2.75) is 46.4 Å². The lowest BCUT2D eigenvalue weighted by Crippen LogP contribution is -2.43. The number of nitrogens with one attached hydrogen (secondary N) is 2. The molecule has 10 heteroatoms. The summed E-state index contributed by atoms with van der Waals surface area (Å²) < 4.78 is 28.6. The maximum atomic E-state index is 13.3. The summed E-state index contributed by atoms with van der Waals surface area (Å²) in [7, 11) is -3.90. The summed E-state index contributed by atoms with van der Waals surface area (Å²) in [4.78, 5) is 23.7. The number of carbonyl (C=O) groups is 2. The smallest absolute Gasteiger partial charge is 0.391 e. The van der Waals surface area contributed by atoms with Crippen molar-refractivity contribution < 1.29 is 33.3 Å². The van der Waals surface area contributed by atoms with Crippen LogP contribution >= 0.6 is 7.67 Å². The van der Waals surface area contributed by atoms with Crippen LogP contribution in [0.2, 0.25) is 0 Å². The minimum atomic E-state index is -3.90. The third-order valence-corrected chi connectivity index (χ3v) is 5.27. The van der Waals surface area contributed by atoms with Gasteiger partial charge in [0.2, 0.25) is 0 Å². The van der Waals surface area contributed by atoms with Crippen LogP contribution in [0.1, 0.15) is 33.3 Å². The molecule has 152 valence electrons. The highest BCUT2D eigenvalue weighted by molar-refractivity contribution is 7.55. The van der Waals surface area contributed by atoms with Crippen LogP contribution in [-0.2, 0) is 30.2 Å². The molecule has 0 saturated heterocycles. The first kappa shape index (κ1) is 23.1. The van der Waals surface area contributed by atoms with Crippen molar-refractivity contribution in [3.63, 3.8) is 0 Å². The minimum absolute atomic E-state index is 0.145. The van der Waals surface area contributed by atoms with E-state index in [0.29, 0.717) is 5.56 Å². The third-order valence-electron chi connectivity index (χ3n) is 3.35. The predicted octanol–water partition coefficient (Wildman–Crippen LogP) is 1.75. The van der Waals surface area contributed by atoms with Crippen LogP contribution in [0.5, 0.6) is 5.75 Å². The van der Waals surface area contributed by atoms with Crippen LogP contribution in [0.3, 0.4) is 0 Å². The maximum absolute atomic E-state index is 13.3. The van der Waals surface area contributed by atoms with Gasteiger partial charge in [0.15, 0.2) is 0 Å². The van der Waals surface area contributed by atoms with E-state index < -0.39 is 31.7 Å². The first-order chi connectivity index (χ1) is 12.7. The second-order valence-electron chi connectivity index (χ2n) is 5.65. The molecule has 0 spiro atoms. The van der Waals surface area contributed by atoms with Gasteiger partial charge in [-0.15, -0.1) is 0 Å². The predicted molar refractivity (Wildman–Crippen MR) is 99.1 cm³/mol. The third kappa shape index (κ3) is 7.68. The molecule has 0 aliphatic carbocycles. The number of hydrogen-bond donors (Lipinski definition) is 3. The van der Waals surface area contributed by atoms with Gasteiger partial charge < -0.3 is 19.1 Å². The SMILES string of the molecule is CCOC(=O)C(C)NP(=O)(NC(C)C(=O)OCC)Oc1ccc(CO)cc1. The second kappa shape index (κ2) is 11.0. The number of aliphatic hydroxyl groups is 1. The number of aliphatic hydroxyl groups excluding tert-OH is 1. The number of hydrogen-bond acceptors (Lipinski definition) is 7. The fourth-order valence-electron chi connectivity index (χ4n) is 2.04. The summed E-state index contributed by atoms with van der Waals surface area (Å²) in [6, 6.07) is 4.34. The first-order valence-electron chi connectivity index (χ1n) is 8.63. The molecule has 0 heterocycles. The van der Waals surface area contributed by atoms with Crippen molar-refractivity contribution in [3.05, 3.63) is 29.8 Å². The molecule has 0 aliphatic heterocycles. The Kier molecular flexibility index (Phi) is 9.45. The molecule has 1 rings (SSSR count). The first-order valence-corrected chi connectivity index (χ1v) is 10.2. The highest BCUT2D eigenvalue weighted by Gasteiger charge is 2.34. The van der Waals surface area contributed by atoms with E-state index in [-0.39, 0.29) is 25.6 Å².